The molecule has 1 aliphatic rings. The standard InChI is InChI=1S/C23H21F3N8O/c24-23(25,26)14-2-1-3-16(10-14)31-22(35)33-9-8-17(11-33)34-21-18(20(28)29-12-30-21)19(32-34)13-4-6-15(27)7-5-13/h1-7,10,12,17H,8-9,11,27H2,(H,31,35)(H2,28,29,30)/t17-/m1/s1. The molecule has 2 aromatic carbocycles. The van der Waals surface area contributed by atoms with Crippen molar-refractivity contribution in [1.82, 2.24) is 24.6 Å². The molecule has 0 radical (unpaired) electrons. The lowest BCUT2D eigenvalue weighted by molar-refractivity contribution is -0.137. The summed E-state index contributed by atoms with van der Waals surface area (Å²) in [6.07, 6.45) is -2.56. The summed E-state index contributed by atoms with van der Waals surface area (Å²) in [7, 11) is 0. The van der Waals surface area contributed by atoms with Crippen LogP contribution in [0.25, 0.3) is 22.3 Å². The normalized spacial score (nSPS) is 16.1. The summed E-state index contributed by atoms with van der Waals surface area (Å²) in [4.78, 5) is 22.8. The lowest BCUT2D eigenvalue weighted by Crippen LogP contribution is -2.33. The number of nitrogens with zero attached hydrogens (tertiary/aromatic N) is 5. The van der Waals surface area contributed by atoms with E-state index in [-0.39, 0.29) is 17.5 Å². The quantitative estimate of drug-likeness (QED) is 0.376. The van der Waals surface area contributed by atoms with Gasteiger partial charge in [-0.05, 0) is 36.8 Å². The summed E-state index contributed by atoms with van der Waals surface area (Å²) in [6.45, 7) is 0.696. The van der Waals surface area contributed by atoms with Gasteiger partial charge in [0.1, 0.15) is 17.8 Å². The molecule has 5 N–H and O–H groups in total. The number of alkyl halides is 3. The lowest BCUT2D eigenvalue weighted by Gasteiger charge is -2.18. The number of nitrogens with two attached hydrogens (primary N) is 2. The molecule has 2 aromatic heterocycles. The van der Waals surface area contributed by atoms with Crippen molar-refractivity contribution in [2.24, 2.45) is 0 Å². The number of nitrogens with one attached hydrogen (secondary N) is 1. The molecular weight excluding hydrogens is 461 g/mol. The average Bonchev–Trinajstić information content (AvgIpc) is 3.45. The molecule has 5 rings (SSSR count). The molecule has 0 spiro atoms. The van der Waals surface area contributed by atoms with Crippen LogP contribution >= 0.6 is 0 Å². The van der Waals surface area contributed by atoms with Gasteiger partial charge in [0, 0.05) is 30.0 Å². The number of carbonyl (C=O) groups excluding carboxylic acids is 1. The van der Waals surface area contributed by atoms with Gasteiger partial charge in [-0.3, -0.25) is 0 Å². The van der Waals surface area contributed by atoms with Gasteiger partial charge in [-0.2, -0.15) is 18.3 Å². The van der Waals surface area contributed by atoms with E-state index in [1.807, 2.05) is 12.1 Å². The molecule has 0 unspecified atom stereocenters. The van der Waals surface area contributed by atoms with Crippen LogP contribution in [-0.2, 0) is 6.18 Å². The zero-order valence-corrected chi connectivity index (χ0v) is 18.3. The lowest BCUT2D eigenvalue weighted by atomic mass is 10.1. The molecule has 1 aliphatic heterocycles. The molecule has 1 saturated heterocycles. The number of nitrogen functional groups attached to an aromatic ring is 2. The van der Waals surface area contributed by atoms with Crippen molar-refractivity contribution in [3.8, 4) is 11.3 Å². The Bertz CT molecular complexity index is 1400. The molecule has 9 nitrogen and oxygen atoms in total. The third kappa shape index (κ3) is 4.29. The topological polar surface area (TPSA) is 128 Å². The molecule has 180 valence electrons. The first-order valence-electron chi connectivity index (χ1n) is 10.8. The number of hydrogen-bond acceptors (Lipinski definition) is 6. The SMILES string of the molecule is Nc1ccc(-c2nn([C@@H]3CCN(C(=O)Nc4cccc(C(F)(F)F)c4)C3)c3ncnc(N)c23)cc1. The minimum atomic E-state index is -4.49. The Balaban J connectivity index is 1.39. The van der Waals surface area contributed by atoms with Gasteiger partial charge in [-0.15, -0.1) is 0 Å². The van der Waals surface area contributed by atoms with Gasteiger partial charge in [-0.1, -0.05) is 18.2 Å². The molecule has 0 saturated carbocycles. The van der Waals surface area contributed by atoms with Crippen LogP contribution in [0.15, 0.2) is 54.9 Å². The Morgan fingerprint density at radius 3 is 2.60 bits per heavy atom. The Morgan fingerprint density at radius 2 is 1.86 bits per heavy atom. The summed E-state index contributed by atoms with van der Waals surface area (Å²) in [5.74, 6) is 0.283. The largest absolute Gasteiger partial charge is 0.416 e. The first-order chi connectivity index (χ1) is 16.7. The molecule has 0 aliphatic carbocycles. The third-order valence-corrected chi connectivity index (χ3v) is 5.94. The van der Waals surface area contributed by atoms with Gasteiger partial charge in [0.15, 0.2) is 5.65 Å². The molecule has 4 aromatic rings. The van der Waals surface area contributed by atoms with E-state index < -0.39 is 17.8 Å². The highest BCUT2D eigenvalue weighted by molar-refractivity contribution is 5.98. The number of amides is 2. The van der Waals surface area contributed by atoms with Crippen molar-refractivity contribution in [2.45, 2.75) is 18.6 Å². The van der Waals surface area contributed by atoms with E-state index in [4.69, 9.17) is 16.6 Å². The Hall–Kier alpha value is -4.35. The maximum absolute atomic E-state index is 13.0. The Morgan fingerprint density at radius 1 is 1.09 bits per heavy atom. The van der Waals surface area contributed by atoms with E-state index >= 15 is 0 Å². The highest BCUT2D eigenvalue weighted by Gasteiger charge is 2.32. The predicted molar refractivity (Wildman–Crippen MR) is 125 cm³/mol. The van der Waals surface area contributed by atoms with Gasteiger partial charge in [0.2, 0.25) is 0 Å². The zero-order valence-electron chi connectivity index (χ0n) is 18.3. The number of hydrogen-bond donors (Lipinski definition) is 3. The maximum Gasteiger partial charge on any atom is 0.416 e. The van der Waals surface area contributed by atoms with Crippen molar-refractivity contribution >= 4 is 34.3 Å². The van der Waals surface area contributed by atoms with E-state index in [0.717, 1.165) is 17.7 Å². The van der Waals surface area contributed by atoms with Crippen LogP contribution in [0.3, 0.4) is 0 Å². The molecule has 1 fully saturated rings. The van der Waals surface area contributed by atoms with Crippen LogP contribution in [0.4, 0.5) is 35.2 Å². The molecule has 1 atom stereocenters. The van der Waals surface area contributed by atoms with Crippen molar-refractivity contribution < 1.29 is 18.0 Å². The molecule has 3 heterocycles. The molecule has 12 heteroatoms. The van der Waals surface area contributed by atoms with E-state index in [9.17, 15) is 18.0 Å². The number of likely N-dealkylation sites (tertiary alicyclic amines) is 1. The second kappa shape index (κ2) is 8.46. The number of rotatable bonds is 3. The fourth-order valence-corrected chi connectivity index (χ4v) is 4.19. The van der Waals surface area contributed by atoms with Gasteiger partial charge in [-0.25, -0.2) is 19.4 Å². The summed E-state index contributed by atoms with van der Waals surface area (Å²) in [5.41, 5.74) is 13.8. The number of carbonyl (C=O) groups is 1. The summed E-state index contributed by atoms with van der Waals surface area (Å²) < 4.78 is 40.7. The van der Waals surface area contributed by atoms with Crippen molar-refractivity contribution in [1.29, 1.82) is 0 Å². The van der Waals surface area contributed by atoms with E-state index in [1.54, 1.807) is 16.8 Å². The number of aromatic nitrogens is 4. The van der Waals surface area contributed by atoms with Crippen LogP contribution in [0.2, 0.25) is 0 Å². The second-order valence-corrected chi connectivity index (χ2v) is 8.27. The van der Waals surface area contributed by atoms with E-state index in [0.29, 0.717) is 41.9 Å². The maximum atomic E-state index is 13.0. The van der Waals surface area contributed by atoms with Crippen molar-refractivity contribution in [3.05, 3.63) is 60.4 Å². The Labute approximate surface area is 197 Å². The highest BCUT2D eigenvalue weighted by Crippen LogP contribution is 2.34. The van der Waals surface area contributed by atoms with Gasteiger partial charge in [0.25, 0.3) is 0 Å². The number of fused-ring (bicyclic) bond motifs is 1. The first kappa shape index (κ1) is 22.4. The van der Waals surface area contributed by atoms with Gasteiger partial charge in [0.05, 0.1) is 17.0 Å². The fourth-order valence-electron chi connectivity index (χ4n) is 4.19. The van der Waals surface area contributed by atoms with Crippen LogP contribution < -0.4 is 16.8 Å². The average molecular weight is 482 g/mol. The number of halogens is 3. The summed E-state index contributed by atoms with van der Waals surface area (Å²) >= 11 is 0. The monoisotopic (exact) mass is 482 g/mol. The Kier molecular flexibility index (Phi) is 5.42. The third-order valence-electron chi connectivity index (χ3n) is 5.94. The molecule has 35 heavy (non-hydrogen) atoms. The van der Waals surface area contributed by atoms with E-state index in [1.165, 1.54) is 23.4 Å². The van der Waals surface area contributed by atoms with Gasteiger partial charge < -0.3 is 21.7 Å². The zero-order chi connectivity index (χ0) is 24.7. The van der Waals surface area contributed by atoms with Gasteiger partial charge >= 0.3 is 12.2 Å². The van der Waals surface area contributed by atoms with Crippen molar-refractivity contribution in [3.63, 3.8) is 0 Å². The second-order valence-electron chi connectivity index (χ2n) is 8.27. The van der Waals surface area contributed by atoms with Crippen LogP contribution in [0.1, 0.15) is 18.0 Å². The molecule has 2 amide bonds. The van der Waals surface area contributed by atoms with Crippen LogP contribution in [-0.4, -0.2) is 43.8 Å². The summed E-state index contributed by atoms with van der Waals surface area (Å²) in [5, 5.41) is 7.91. The summed E-state index contributed by atoms with van der Waals surface area (Å²) in [6, 6.07) is 11.0. The number of anilines is 3. The predicted octanol–water partition coefficient (Wildman–Crippen LogP) is 4.16. The highest BCUT2D eigenvalue weighted by atomic mass is 19.4. The minimum absolute atomic E-state index is 0.0731. The van der Waals surface area contributed by atoms with Crippen LogP contribution in [0, 0.1) is 0 Å². The number of urea groups is 1. The fraction of sp³-hybridized carbons (Fsp3) is 0.217. The molecule has 0 bridgehead atoms. The smallest absolute Gasteiger partial charge is 0.399 e. The van der Waals surface area contributed by atoms with Crippen LogP contribution in [0.5, 0.6) is 0 Å². The molecular formula is C23H21F3N8O. The first-order valence-corrected chi connectivity index (χ1v) is 10.8. The minimum Gasteiger partial charge on any atom is -0.399 e. The van der Waals surface area contributed by atoms with Crippen molar-refractivity contribution in [2.75, 3.05) is 29.9 Å². The number of benzene rings is 2. The van der Waals surface area contributed by atoms with E-state index in [2.05, 4.69) is 15.3 Å².